The van der Waals surface area contributed by atoms with Crippen LogP contribution in [0, 0.1) is 0 Å². The Kier molecular flexibility index (Phi) is 5.22. The van der Waals surface area contributed by atoms with E-state index in [9.17, 15) is 0 Å². The van der Waals surface area contributed by atoms with Gasteiger partial charge < -0.3 is 5.32 Å². The minimum atomic E-state index is 0.317. The molecule has 0 aromatic heterocycles. The van der Waals surface area contributed by atoms with Crippen molar-refractivity contribution in [1.82, 2.24) is 5.32 Å². The molecule has 0 saturated heterocycles. The van der Waals surface area contributed by atoms with Gasteiger partial charge in [0, 0.05) is 17.6 Å². The monoisotopic (exact) mass is 287 g/mol. The number of benzene rings is 2. The van der Waals surface area contributed by atoms with E-state index in [2.05, 4.69) is 62.5 Å². The van der Waals surface area contributed by atoms with Crippen LogP contribution < -0.4 is 5.32 Å². The van der Waals surface area contributed by atoms with E-state index in [1.165, 1.54) is 16.7 Å². The van der Waals surface area contributed by atoms with Crippen LogP contribution >= 0.6 is 11.6 Å². The number of hydrogen-bond donors (Lipinski definition) is 1. The predicted molar refractivity (Wildman–Crippen MR) is 87.2 cm³/mol. The summed E-state index contributed by atoms with van der Waals surface area (Å²) in [6, 6.07) is 17.2. The molecule has 0 aliphatic carbocycles. The molecule has 106 valence electrons. The van der Waals surface area contributed by atoms with Gasteiger partial charge in [-0.2, -0.15) is 0 Å². The molecule has 0 aliphatic rings. The normalized spacial score (nSPS) is 12.7. The average Bonchev–Trinajstić information content (AvgIpc) is 2.46. The number of nitrogens with one attached hydrogen (secondary N) is 1. The van der Waals surface area contributed by atoms with Gasteiger partial charge in [0.2, 0.25) is 0 Å². The lowest BCUT2D eigenvalue weighted by Gasteiger charge is -2.15. The van der Waals surface area contributed by atoms with Crippen LogP contribution in [0.25, 0.3) is 0 Å². The number of hydrogen-bond acceptors (Lipinski definition) is 1. The van der Waals surface area contributed by atoms with Gasteiger partial charge in [-0.1, -0.05) is 61.8 Å². The van der Waals surface area contributed by atoms with E-state index >= 15 is 0 Å². The summed E-state index contributed by atoms with van der Waals surface area (Å²) in [5.41, 5.74) is 3.96. The van der Waals surface area contributed by atoms with E-state index in [1.54, 1.807) is 0 Å². The molecule has 1 nitrogen and oxygen atoms in total. The van der Waals surface area contributed by atoms with Gasteiger partial charge >= 0.3 is 0 Å². The van der Waals surface area contributed by atoms with Crippen LogP contribution in [-0.4, -0.2) is 0 Å². The minimum absolute atomic E-state index is 0.317. The minimum Gasteiger partial charge on any atom is -0.306 e. The van der Waals surface area contributed by atoms with E-state index in [0.717, 1.165) is 11.6 Å². The lowest BCUT2D eigenvalue weighted by molar-refractivity contribution is 0.574. The quantitative estimate of drug-likeness (QED) is 0.785. The van der Waals surface area contributed by atoms with Gasteiger partial charge in [-0.15, -0.1) is 0 Å². The Morgan fingerprint density at radius 1 is 0.850 bits per heavy atom. The first kappa shape index (κ1) is 15.1. The Morgan fingerprint density at radius 2 is 1.40 bits per heavy atom. The van der Waals surface area contributed by atoms with Crippen LogP contribution in [0.5, 0.6) is 0 Å². The lowest BCUT2D eigenvalue weighted by atomic mass is 10.0. The molecule has 0 spiro atoms. The summed E-state index contributed by atoms with van der Waals surface area (Å²) in [4.78, 5) is 0. The molecule has 0 saturated carbocycles. The molecule has 1 N–H and O–H groups in total. The summed E-state index contributed by atoms with van der Waals surface area (Å²) in [7, 11) is 0. The molecular weight excluding hydrogens is 266 g/mol. The largest absolute Gasteiger partial charge is 0.306 e. The first-order chi connectivity index (χ1) is 9.56. The third-order valence-electron chi connectivity index (χ3n) is 3.63. The van der Waals surface area contributed by atoms with Gasteiger partial charge in [0.15, 0.2) is 0 Å². The zero-order chi connectivity index (χ0) is 14.5. The Labute approximate surface area is 127 Å². The summed E-state index contributed by atoms with van der Waals surface area (Å²) >= 11 is 5.91. The first-order valence-corrected chi connectivity index (χ1v) is 7.51. The molecule has 0 aliphatic heterocycles. The maximum atomic E-state index is 5.91. The highest BCUT2D eigenvalue weighted by atomic mass is 35.5. The van der Waals surface area contributed by atoms with Crippen molar-refractivity contribution in [3.05, 3.63) is 70.2 Å². The maximum Gasteiger partial charge on any atom is 0.0406 e. The Hall–Kier alpha value is -1.31. The Bertz CT molecular complexity index is 528. The fourth-order valence-electron chi connectivity index (χ4n) is 2.16. The molecule has 0 unspecified atom stereocenters. The smallest absolute Gasteiger partial charge is 0.0406 e. The third kappa shape index (κ3) is 4.09. The molecule has 0 bridgehead atoms. The van der Waals surface area contributed by atoms with Crippen LogP contribution in [0.3, 0.4) is 0 Å². The lowest BCUT2D eigenvalue weighted by Crippen LogP contribution is -2.17. The Balaban J connectivity index is 1.92. The molecular formula is C18H22ClN. The van der Waals surface area contributed by atoms with Crippen LogP contribution in [0.1, 0.15) is 49.4 Å². The highest BCUT2D eigenvalue weighted by molar-refractivity contribution is 6.30. The number of rotatable bonds is 5. The molecule has 20 heavy (non-hydrogen) atoms. The van der Waals surface area contributed by atoms with E-state index in [0.29, 0.717) is 12.0 Å². The van der Waals surface area contributed by atoms with Crippen molar-refractivity contribution in [2.75, 3.05) is 0 Å². The molecule has 2 aromatic rings. The van der Waals surface area contributed by atoms with E-state index in [4.69, 9.17) is 11.6 Å². The van der Waals surface area contributed by atoms with E-state index in [1.807, 2.05) is 12.1 Å². The van der Waals surface area contributed by atoms with Gasteiger partial charge in [0.1, 0.15) is 0 Å². The molecule has 2 heteroatoms. The number of halogens is 1. The second-order valence-electron chi connectivity index (χ2n) is 5.55. The molecule has 2 rings (SSSR count). The van der Waals surface area contributed by atoms with Crippen LogP contribution in [0.15, 0.2) is 48.5 Å². The van der Waals surface area contributed by atoms with Crippen molar-refractivity contribution in [1.29, 1.82) is 0 Å². The van der Waals surface area contributed by atoms with E-state index in [-0.39, 0.29) is 0 Å². The second kappa shape index (κ2) is 6.92. The van der Waals surface area contributed by atoms with Crippen molar-refractivity contribution in [3.63, 3.8) is 0 Å². The van der Waals surface area contributed by atoms with Crippen LogP contribution in [0.4, 0.5) is 0 Å². The zero-order valence-electron chi connectivity index (χ0n) is 12.4. The molecule has 0 amide bonds. The fourth-order valence-corrected chi connectivity index (χ4v) is 2.29. The van der Waals surface area contributed by atoms with Gasteiger partial charge in [-0.3, -0.25) is 0 Å². The maximum absolute atomic E-state index is 5.91. The average molecular weight is 288 g/mol. The van der Waals surface area contributed by atoms with Crippen molar-refractivity contribution >= 4 is 11.6 Å². The molecule has 1 atom stereocenters. The van der Waals surface area contributed by atoms with Gasteiger partial charge in [-0.05, 0) is 41.7 Å². The highest BCUT2D eigenvalue weighted by Crippen LogP contribution is 2.18. The SMILES string of the molecule is CC(C)c1ccc(CN[C@H](C)c2ccc(Cl)cc2)cc1. The zero-order valence-corrected chi connectivity index (χ0v) is 13.1. The standard InChI is InChI=1S/C18H22ClN/c1-13(2)16-6-4-15(5-7-16)12-20-14(3)17-8-10-18(19)11-9-17/h4-11,13-14,20H,12H2,1-3H3/t14-/m1/s1. The molecule has 0 radical (unpaired) electrons. The van der Waals surface area contributed by atoms with Crippen molar-refractivity contribution in [2.24, 2.45) is 0 Å². The molecule has 0 heterocycles. The fraction of sp³-hybridized carbons (Fsp3) is 0.333. The summed E-state index contributed by atoms with van der Waals surface area (Å²) < 4.78 is 0. The van der Waals surface area contributed by atoms with Gasteiger partial charge in [-0.25, -0.2) is 0 Å². The summed E-state index contributed by atoms with van der Waals surface area (Å²) in [5.74, 6) is 0.588. The first-order valence-electron chi connectivity index (χ1n) is 7.14. The van der Waals surface area contributed by atoms with E-state index < -0.39 is 0 Å². The summed E-state index contributed by atoms with van der Waals surface area (Å²) in [6.45, 7) is 7.49. The molecule has 2 aromatic carbocycles. The Morgan fingerprint density at radius 3 is 1.95 bits per heavy atom. The topological polar surface area (TPSA) is 12.0 Å². The second-order valence-corrected chi connectivity index (χ2v) is 5.99. The van der Waals surface area contributed by atoms with Crippen LogP contribution in [0.2, 0.25) is 5.02 Å². The van der Waals surface area contributed by atoms with Crippen LogP contribution in [-0.2, 0) is 6.54 Å². The summed E-state index contributed by atoms with van der Waals surface area (Å²) in [6.07, 6.45) is 0. The van der Waals surface area contributed by atoms with Crippen molar-refractivity contribution in [2.45, 2.75) is 39.3 Å². The van der Waals surface area contributed by atoms with Gasteiger partial charge in [0.25, 0.3) is 0 Å². The van der Waals surface area contributed by atoms with Crippen molar-refractivity contribution in [3.8, 4) is 0 Å². The van der Waals surface area contributed by atoms with Gasteiger partial charge in [0.05, 0.1) is 0 Å². The molecule has 0 fully saturated rings. The van der Waals surface area contributed by atoms with Crippen molar-refractivity contribution < 1.29 is 0 Å². The summed E-state index contributed by atoms with van der Waals surface area (Å²) in [5, 5.41) is 4.32. The predicted octanol–water partition coefficient (Wildman–Crippen LogP) is 5.31. The third-order valence-corrected chi connectivity index (χ3v) is 3.88. The highest BCUT2D eigenvalue weighted by Gasteiger charge is 2.05.